The highest BCUT2D eigenvalue weighted by atomic mass is 16.5. The number of methoxy groups -OCH3 is 2. The van der Waals surface area contributed by atoms with Crippen LogP contribution in [0.3, 0.4) is 0 Å². The summed E-state index contributed by atoms with van der Waals surface area (Å²) < 4.78 is 16.1. The van der Waals surface area contributed by atoms with Crippen LogP contribution in [0, 0.1) is 0 Å². The van der Waals surface area contributed by atoms with Crippen LogP contribution in [0.2, 0.25) is 0 Å². The summed E-state index contributed by atoms with van der Waals surface area (Å²) in [6.45, 7) is -0.156. The number of benzene rings is 3. The van der Waals surface area contributed by atoms with Gasteiger partial charge in [0.05, 0.1) is 14.2 Å². The normalized spacial score (nSPS) is 10.1. The van der Waals surface area contributed by atoms with Gasteiger partial charge in [0.1, 0.15) is 0 Å². The second-order valence-electron chi connectivity index (χ2n) is 5.77. The first-order chi connectivity index (χ1) is 13.2. The first-order valence-electron chi connectivity index (χ1n) is 8.50. The van der Waals surface area contributed by atoms with Crippen molar-refractivity contribution in [3.63, 3.8) is 0 Å². The fourth-order valence-electron chi connectivity index (χ4n) is 2.67. The lowest BCUT2D eigenvalue weighted by atomic mass is 10.1. The largest absolute Gasteiger partial charge is 0.493 e. The second-order valence-corrected chi connectivity index (χ2v) is 5.77. The van der Waals surface area contributed by atoms with E-state index >= 15 is 0 Å². The van der Waals surface area contributed by atoms with E-state index in [0.29, 0.717) is 22.9 Å². The minimum absolute atomic E-state index is 0.156. The van der Waals surface area contributed by atoms with E-state index in [4.69, 9.17) is 14.2 Å². The van der Waals surface area contributed by atoms with Crippen molar-refractivity contribution >= 4 is 11.6 Å². The third kappa shape index (κ3) is 4.58. The van der Waals surface area contributed by atoms with Crippen LogP contribution in [0.4, 0.5) is 5.69 Å². The van der Waals surface area contributed by atoms with Gasteiger partial charge in [-0.3, -0.25) is 4.79 Å². The van der Waals surface area contributed by atoms with E-state index in [-0.39, 0.29) is 12.5 Å². The van der Waals surface area contributed by atoms with Gasteiger partial charge in [0, 0.05) is 5.69 Å². The van der Waals surface area contributed by atoms with E-state index in [9.17, 15) is 4.79 Å². The van der Waals surface area contributed by atoms with Crippen molar-refractivity contribution in [1.82, 2.24) is 0 Å². The molecular formula is C22H21NO4. The van der Waals surface area contributed by atoms with E-state index in [2.05, 4.69) is 5.32 Å². The lowest BCUT2D eigenvalue weighted by Gasteiger charge is -2.14. The molecule has 3 aromatic carbocycles. The molecule has 0 aliphatic carbocycles. The van der Waals surface area contributed by atoms with E-state index < -0.39 is 0 Å². The summed E-state index contributed by atoms with van der Waals surface area (Å²) >= 11 is 0. The maximum atomic E-state index is 12.2. The van der Waals surface area contributed by atoms with Crippen LogP contribution in [0.5, 0.6) is 17.2 Å². The zero-order chi connectivity index (χ0) is 19.1. The zero-order valence-electron chi connectivity index (χ0n) is 15.3. The molecule has 0 saturated heterocycles. The zero-order valence-corrected chi connectivity index (χ0v) is 15.3. The molecule has 1 N–H and O–H groups in total. The average Bonchev–Trinajstić information content (AvgIpc) is 2.73. The Hall–Kier alpha value is -3.47. The molecule has 1 amide bonds. The number of para-hydroxylation sites is 1. The van der Waals surface area contributed by atoms with Crippen LogP contribution in [-0.2, 0) is 4.79 Å². The molecule has 0 bridgehead atoms. The molecule has 27 heavy (non-hydrogen) atoms. The van der Waals surface area contributed by atoms with Gasteiger partial charge in [0.2, 0.25) is 5.75 Å². The van der Waals surface area contributed by atoms with Crippen molar-refractivity contribution in [3.05, 3.63) is 72.8 Å². The van der Waals surface area contributed by atoms with E-state index in [1.54, 1.807) is 18.2 Å². The van der Waals surface area contributed by atoms with Gasteiger partial charge in [0.25, 0.3) is 5.91 Å². The van der Waals surface area contributed by atoms with Gasteiger partial charge in [-0.1, -0.05) is 48.5 Å². The fraction of sp³-hybridized carbons (Fsp3) is 0.136. The van der Waals surface area contributed by atoms with Crippen LogP contribution in [0.15, 0.2) is 72.8 Å². The average molecular weight is 363 g/mol. The Morgan fingerprint density at radius 1 is 0.778 bits per heavy atom. The predicted octanol–water partition coefficient (Wildman–Crippen LogP) is 4.39. The standard InChI is InChI=1S/C22H21NO4/c1-25-19-9-6-10-20(26-2)22(19)27-15-21(24)23-18-13-11-17(12-14-18)16-7-4-3-5-8-16/h3-14H,15H2,1-2H3,(H,23,24). The van der Waals surface area contributed by atoms with Gasteiger partial charge < -0.3 is 19.5 Å². The second kappa shape index (κ2) is 8.76. The molecule has 5 nitrogen and oxygen atoms in total. The number of carbonyl (C=O) groups is 1. The van der Waals surface area contributed by atoms with Crippen molar-refractivity contribution < 1.29 is 19.0 Å². The van der Waals surface area contributed by atoms with Crippen molar-refractivity contribution in [2.75, 3.05) is 26.1 Å². The first-order valence-corrected chi connectivity index (χ1v) is 8.50. The van der Waals surface area contributed by atoms with Crippen LogP contribution in [-0.4, -0.2) is 26.7 Å². The molecule has 5 heteroatoms. The quantitative estimate of drug-likeness (QED) is 0.676. The molecule has 0 unspecified atom stereocenters. The minimum Gasteiger partial charge on any atom is -0.493 e. The highest BCUT2D eigenvalue weighted by molar-refractivity contribution is 5.92. The Bertz CT molecular complexity index is 870. The van der Waals surface area contributed by atoms with E-state index in [1.165, 1.54) is 14.2 Å². The molecule has 0 spiro atoms. The Morgan fingerprint density at radius 3 is 1.96 bits per heavy atom. The van der Waals surface area contributed by atoms with Crippen LogP contribution in [0.25, 0.3) is 11.1 Å². The summed E-state index contributed by atoms with van der Waals surface area (Å²) in [7, 11) is 3.08. The Kier molecular flexibility index (Phi) is 5.94. The molecular weight excluding hydrogens is 342 g/mol. The van der Waals surface area contributed by atoms with Crippen LogP contribution >= 0.6 is 0 Å². The van der Waals surface area contributed by atoms with Crippen molar-refractivity contribution in [1.29, 1.82) is 0 Å². The third-order valence-electron chi connectivity index (χ3n) is 4.01. The molecule has 0 aliphatic rings. The Balaban J connectivity index is 1.62. The molecule has 0 fully saturated rings. The highest BCUT2D eigenvalue weighted by Gasteiger charge is 2.13. The van der Waals surface area contributed by atoms with E-state index in [0.717, 1.165) is 11.1 Å². The van der Waals surface area contributed by atoms with Crippen molar-refractivity contribution in [2.45, 2.75) is 0 Å². The number of hydrogen-bond donors (Lipinski definition) is 1. The molecule has 3 rings (SSSR count). The number of nitrogens with one attached hydrogen (secondary N) is 1. The van der Waals surface area contributed by atoms with Crippen LogP contribution < -0.4 is 19.5 Å². The smallest absolute Gasteiger partial charge is 0.262 e. The summed E-state index contributed by atoms with van der Waals surface area (Å²) in [5.41, 5.74) is 2.92. The SMILES string of the molecule is COc1cccc(OC)c1OCC(=O)Nc1ccc(-c2ccccc2)cc1. The lowest BCUT2D eigenvalue weighted by Crippen LogP contribution is -2.20. The highest BCUT2D eigenvalue weighted by Crippen LogP contribution is 2.36. The number of amides is 1. The molecule has 138 valence electrons. The Labute approximate surface area is 158 Å². The molecule has 0 saturated carbocycles. The molecule has 0 heterocycles. The molecule has 0 aromatic heterocycles. The van der Waals surface area contributed by atoms with Gasteiger partial charge in [-0.2, -0.15) is 0 Å². The summed E-state index contributed by atoms with van der Waals surface area (Å²) in [4.78, 5) is 12.2. The fourth-order valence-corrected chi connectivity index (χ4v) is 2.67. The van der Waals surface area contributed by atoms with Gasteiger partial charge in [-0.05, 0) is 35.4 Å². The van der Waals surface area contributed by atoms with Crippen molar-refractivity contribution in [2.24, 2.45) is 0 Å². The topological polar surface area (TPSA) is 56.8 Å². The number of carbonyl (C=O) groups excluding carboxylic acids is 1. The Morgan fingerprint density at radius 2 is 1.37 bits per heavy atom. The summed E-state index contributed by atoms with van der Waals surface area (Å²) in [5, 5.41) is 2.82. The lowest BCUT2D eigenvalue weighted by molar-refractivity contribution is -0.118. The molecule has 0 atom stereocenters. The van der Waals surface area contributed by atoms with Crippen molar-refractivity contribution in [3.8, 4) is 28.4 Å². The molecule has 0 aliphatic heterocycles. The maximum Gasteiger partial charge on any atom is 0.262 e. The predicted molar refractivity (Wildman–Crippen MR) is 106 cm³/mol. The number of ether oxygens (including phenoxy) is 3. The summed E-state index contributed by atoms with van der Waals surface area (Å²) in [6, 6.07) is 23.0. The van der Waals surface area contributed by atoms with Gasteiger partial charge in [-0.15, -0.1) is 0 Å². The summed E-state index contributed by atoms with van der Waals surface area (Å²) in [5.74, 6) is 1.15. The number of hydrogen-bond acceptors (Lipinski definition) is 4. The first kappa shape index (κ1) is 18.3. The summed E-state index contributed by atoms with van der Waals surface area (Å²) in [6.07, 6.45) is 0. The third-order valence-corrected chi connectivity index (χ3v) is 4.01. The maximum absolute atomic E-state index is 12.2. The van der Waals surface area contributed by atoms with Gasteiger partial charge >= 0.3 is 0 Å². The minimum atomic E-state index is -0.268. The van der Waals surface area contributed by atoms with E-state index in [1.807, 2.05) is 54.6 Å². The van der Waals surface area contributed by atoms with Crippen LogP contribution in [0.1, 0.15) is 0 Å². The molecule has 0 radical (unpaired) electrons. The van der Waals surface area contributed by atoms with Gasteiger partial charge in [0.15, 0.2) is 18.1 Å². The molecule has 3 aromatic rings. The monoisotopic (exact) mass is 363 g/mol. The van der Waals surface area contributed by atoms with Gasteiger partial charge in [-0.25, -0.2) is 0 Å². The number of anilines is 1. The number of rotatable bonds is 7.